The van der Waals surface area contributed by atoms with Crippen LogP contribution in [0.1, 0.15) is 32.6 Å². The van der Waals surface area contributed by atoms with Crippen molar-refractivity contribution in [2.24, 2.45) is 5.92 Å². The van der Waals surface area contributed by atoms with Gasteiger partial charge in [-0.1, -0.05) is 18.9 Å². The Morgan fingerprint density at radius 2 is 1.89 bits per heavy atom. The largest absolute Gasteiger partial charge is 0.380 e. The van der Waals surface area contributed by atoms with Crippen molar-refractivity contribution in [2.75, 3.05) is 23.7 Å². The van der Waals surface area contributed by atoms with E-state index in [0.29, 0.717) is 23.8 Å². The van der Waals surface area contributed by atoms with Gasteiger partial charge in [0.15, 0.2) is 0 Å². The van der Waals surface area contributed by atoms with Crippen molar-refractivity contribution in [1.82, 2.24) is 0 Å². The van der Waals surface area contributed by atoms with Crippen LogP contribution in [0.25, 0.3) is 0 Å². The second kappa shape index (κ2) is 6.41. The van der Waals surface area contributed by atoms with E-state index in [1.807, 2.05) is 13.0 Å². The molecule has 0 saturated heterocycles. The summed E-state index contributed by atoms with van der Waals surface area (Å²) in [6.45, 7) is 3.44. The minimum atomic E-state index is -0.311. The molecule has 2 N–H and O–H groups in total. The fraction of sp³-hybridized carbons (Fsp3) is 0.571. The molecule has 1 aliphatic carbocycles. The molecule has 1 aliphatic rings. The fourth-order valence-electron chi connectivity index (χ4n) is 2.68. The molecule has 5 heteroatoms. The summed E-state index contributed by atoms with van der Waals surface area (Å²) in [7, 11) is 0. The molecular weight excluding hydrogens is 242 g/mol. The van der Waals surface area contributed by atoms with Crippen LogP contribution < -0.4 is 10.6 Å². The number of rotatable bonds is 6. The standard InChI is InChI=1S/C14H21N3O2/c1-2-15-12-8-5-9-13(14(12)17(18)19)16-10-11-6-3-4-7-11/h5,8-9,11,15-16H,2-4,6-7,10H2,1H3. The summed E-state index contributed by atoms with van der Waals surface area (Å²) < 4.78 is 0. The van der Waals surface area contributed by atoms with Gasteiger partial charge in [-0.15, -0.1) is 0 Å². The second-order valence-corrected chi connectivity index (χ2v) is 5.02. The monoisotopic (exact) mass is 263 g/mol. The van der Waals surface area contributed by atoms with Gasteiger partial charge in [-0.3, -0.25) is 10.1 Å². The summed E-state index contributed by atoms with van der Waals surface area (Å²) >= 11 is 0. The lowest BCUT2D eigenvalue weighted by atomic mass is 10.1. The number of nitro groups is 1. The second-order valence-electron chi connectivity index (χ2n) is 5.02. The molecule has 0 radical (unpaired) electrons. The number of benzene rings is 1. The highest BCUT2D eigenvalue weighted by atomic mass is 16.6. The van der Waals surface area contributed by atoms with E-state index in [0.717, 1.165) is 6.54 Å². The van der Waals surface area contributed by atoms with Crippen molar-refractivity contribution in [1.29, 1.82) is 0 Å². The molecule has 0 bridgehead atoms. The Balaban J connectivity index is 2.13. The SMILES string of the molecule is CCNc1cccc(NCC2CCCC2)c1[N+](=O)[O-]. The van der Waals surface area contributed by atoms with Crippen molar-refractivity contribution >= 4 is 17.1 Å². The van der Waals surface area contributed by atoms with Gasteiger partial charge in [0.2, 0.25) is 0 Å². The molecule has 1 fully saturated rings. The van der Waals surface area contributed by atoms with E-state index in [-0.39, 0.29) is 10.6 Å². The zero-order valence-electron chi connectivity index (χ0n) is 11.3. The van der Waals surface area contributed by atoms with Crippen LogP contribution in [0.2, 0.25) is 0 Å². The van der Waals surface area contributed by atoms with E-state index in [4.69, 9.17) is 0 Å². The number of nitro benzene ring substituents is 1. The normalized spacial score (nSPS) is 15.4. The zero-order valence-corrected chi connectivity index (χ0v) is 11.3. The van der Waals surface area contributed by atoms with Gasteiger partial charge in [0.05, 0.1) is 4.92 Å². The van der Waals surface area contributed by atoms with Crippen LogP contribution in [-0.4, -0.2) is 18.0 Å². The Hall–Kier alpha value is -1.78. The summed E-state index contributed by atoms with van der Waals surface area (Å²) in [6, 6.07) is 5.39. The summed E-state index contributed by atoms with van der Waals surface area (Å²) in [5.41, 5.74) is 1.36. The lowest BCUT2D eigenvalue weighted by Gasteiger charge is -2.13. The first-order valence-corrected chi connectivity index (χ1v) is 6.97. The van der Waals surface area contributed by atoms with E-state index < -0.39 is 0 Å². The van der Waals surface area contributed by atoms with E-state index in [2.05, 4.69) is 10.6 Å². The number of hydrogen-bond donors (Lipinski definition) is 2. The summed E-state index contributed by atoms with van der Waals surface area (Å²) in [6.07, 6.45) is 5.03. The third kappa shape index (κ3) is 3.36. The molecule has 5 nitrogen and oxygen atoms in total. The van der Waals surface area contributed by atoms with Gasteiger partial charge in [0, 0.05) is 13.1 Å². The molecule has 0 unspecified atom stereocenters. The van der Waals surface area contributed by atoms with Crippen LogP contribution in [0.3, 0.4) is 0 Å². The van der Waals surface area contributed by atoms with Crippen LogP contribution in [-0.2, 0) is 0 Å². The van der Waals surface area contributed by atoms with Crippen molar-refractivity contribution in [2.45, 2.75) is 32.6 Å². The Morgan fingerprint density at radius 3 is 2.47 bits per heavy atom. The van der Waals surface area contributed by atoms with E-state index >= 15 is 0 Å². The highest BCUT2D eigenvalue weighted by molar-refractivity contribution is 5.76. The van der Waals surface area contributed by atoms with Gasteiger partial charge in [-0.2, -0.15) is 0 Å². The summed E-state index contributed by atoms with van der Waals surface area (Å²) in [4.78, 5) is 10.9. The Bertz CT molecular complexity index is 442. The summed E-state index contributed by atoms with van der Waals surface area (Å²) in [5, 5.41) is 17.5. The Morgan fingerprint density at radius 1 is 1.26 bits per heavy atom. The van der Waals surface area contributed by atoms with E-state index in [9.17, 15) is 10.1 Å². The molecule has 1 aromatic carbocycles. The Kier molecular flexibility index (Phi) is 4.60. The van der Waals surface area contributed by atoms with Crippen molar-refractivity contribution in [3.8, 4) is 0 Å². The lowest BCUT2D eigenvalue weighted by molar-refractivity contribution is -0.383. The number of para-hydroxylation sites is 1. The van der Waals surface area contributed by atoms with Crippen molar-refractivity contribution in [3.63, 3.8) is 0 Å². The average Bonchev–Trinajstić information content (AvgIpc) is 2.89. The topological polar surface area (TPSA) is 67.2 Å². The van der Waals surface area contributed by atoms with E-state index in [1.54, 1.807) is 12.1 Å². The minimum Gasteiger partial charge on any atom is -0.380 e. The molecule has 104 valence electrons. The zero-order chi connectivity index (χ0) is 13.7. The maximum Gasteiger partial charge on any atom is 0.315 e. The molecule has 0 aliphatic heterocycles. The van der Waals surface area contributed by atoms with Gasteiger partial charge in [-0.25, -0.2) is 0 Å². The first kappa shape index (κ1) is 13.6. The molecule has 0 heterocycles. The molecule has 0 atom stereocenters. The van der Waals surface area contributed by atoms with Crippen LogP contribution in [0.4, 0.5) is 17.1 Å². The third-order valence-corrected chi connectivity index (χ3v) is 3.64. The van der Waals surface area contributed by atoms with Crippen LogP contribution in [0, 0.1) is 16.0 Å². The van der Waals surface area contributed by atoms with E-state index in [1.165, 1.54) is 25.7 Å². The highest BCUT2D eigenvalue weighted by Gasteiger charge is 2.21. The quantitative estimate of drug-likeness (QED) is 0.607. The molecule has 0 spiro atoms. The van der Waals surface area contributed by atoms with Gasteiger partial charge >= 0.3 is 5.69 Å². The predicted octanol–water partition coefficient (Wildman–Crippen LogP) is 3.63. The van der Waals surface area contributed by atoms with Gasteiger partial charge in [0.25, 0.3) is 0 Å². The minimum absolute atomic E-state index is 0.155. The highest BCUT2D eigenvalue weighted by Crippen LogP contribution is 2.33. The molecule has 0 aromatic heterocycles. The van der Waals surface area contributed by atoms with Crippen LogP contribution in [0.15, 0.2) is 18.2 Å². The molecule has 2 rings (SSSR count). The molecule has 0 amide bonds. The van der Waals surface area contributed by atoms with Gasteiger partial charge in [0.1, 0.15) is 11.4 Å². The number of anilines is 2. The predicted molar refractivity (Wildman–Crippen MR) is 77.7 cm³/mol. The van der Waals surface area contributed by atoms with Crippen molar-refractivity contribution in [3.05, 3.63) is 28.3 Å². The van der Waals surface area contributed by atoms with Gasteiger partial charge < -0.3 is 10.6 Å². The van der Waals surface area contributed by atoms with Crippen LogP contribution in [0.5, 0.6) is 0 Å². The third-order valence-electron chi connectivity index (χ3n) is 3.64. The number of hydrogen-bond acceptors (Lipinski definition) is 4. The molecule has 19 heavy (non-hydrogen) atoms. The first-order valence-electron chi connectivity index (χ1n) is 6.97. The Labute approximate surface area is 113 Å². The van der Waals surface area contributed by atoms with Crippen LogP contribution >= 0.6 is 0 Å². The van der Waals surface area contributed by atoms with Crippen molar-refractivity contribution < 1.29 is 4.92 Å². The smallest absolute Gasteiger partial charge is 0.315 e. The maximum atomic E-state index is 11.2. The fourth-order valence-corrected chi connectivity index (χ4v) is 2.68. The number of nitrogens with one attached hydrogen (secondary N) is 2. The molecule has 1 saturated carbocycles. The summed E-state index contributed by atoms with van der Waals surface area (Å²) in [5.74, 6) is 0.655. The number of nitrogens with zero attached hydrogens (tertiary/aromatic N) is 1. The average molecular weight is 263 g/mol. The lowest BCUT2D eigenvalue weighted by Crippen LogP contribution is -2.13. The molecular formula is C14H21N3O2. The maximum absolute atomic E-state index is 11.2. The first-order chi connectivity index (χ1) is 9.22. The molecule has 1 aromatic rings. The van der Waals surface area contributed by atoms with Gasteiger partial charge in [-0.05, 0) is 37.8 Å².